The van der Waals surface area contributed by atoms with Crippen molar-refractivity contribution in [3.8, 4) is 0 Å². The Bertz CT molecular complexity index is 1110. The molecule has 1 aromatic heterocycles. The van der Waals surface area contributed by atoms with Crippen LogP contribution < -0.4 is 21.7 Å². The van der Waals surface area contributed by atoms with E-state index in [9.17, 15) is 19.2 Å². The van der Waals surface area contributed by atoms with Gasteiger partial charge in [-0.05, 0) is 42.5 Å². The molecule has 0 saturated heterocycles. The largest absolute Gasteiger partial charge is 0.459 e. The van der Waals surface area contributed by atoms with E-state index in [0.717, 1.165) is 0 Å². The van der Waals surface area contributed by atoms with Crippen LogP contribution >= 0.6 is 0 Å². The quantitative estimate of drug-likeness (QED) is 0.442. The predicted molar refractivity (Wildman–Crippen MR) is 114 cm³/mol. The lowest BCUT2D eigenvalue weighted by molar-refractivity contribution is -0.117. The first kappa shape index (κ1) is 21.3. The molecule has 1 heterocycles. The van der Waals surface area contributed by atoms with Crippen molar-refractivity contribution < 1.29 is 23.6 Å². The summed E-state index contributed by atoms with van der Waals surface area (Å²) in [4.78, 5) is 48.1. The van der Waals surface area contributed by atoms with Gasteiger partial charge in [0, 0.05) is 24.2 Å². The summed E-state index contributed by atoms with van der Waals surface area (Å²) in [6.45, 7) is 0.0911. The molecule has 0 spiro atoms. The molecule has 9 nitrogen and oxygen atoms in total. The number of nitrogens with one attached hydrogen (secondary N) is 3. The maximum atomic E-state index is 12.7. The number of anilines is 2. The maximum Gasteiger partial charge on any atom is 0.291 e. The van der Waals surface area contributed by atoms with E-state index in [1.807, 2.05) is 0 Å². The summed E-state index contributed by atoms with van der Waals surface area (Å²) >= 11 is 0. The second-order valence-electron chi connectivity index (χ2n) is 6.48. The molecule has 0 radical (unpaired) electrons. The molecule has 5 N–H and O–H groups in total. The van der Waals surface area contributed by atoms with Crippen LogP contribution in [0.1, 0.15) is 37.7 Å². The van der Waals surface area contributed by atoms with Gasteiger partial charge in [0.2, 0.25) is 5.91 Å². The fourth-order valence-electron chi connectivity index (χ4n) is 2.72. The van der Waals surface area contributed by atoms with Crippen molar-refractivity contribution in [2.24, 2.45) is 5.73 Å². The smallest absolute Gasteiger partial charge is 0.291 e. The van der Waals surface area contributed by atoms with E-state index in [4.69, 9.17) is 10.2 Å². The van der Waals surface area contributed by atoms with Crippen LogP contribution in [0.2, 0.25) is 0 Å². The molecule has 9 heteroatoms. The standard InChI is InChI=1S/C22H20N4O5/c23-19(27)10-11-24-21(29)16-7-1-2-8-17(16)26-20(28)14-5-3-6-15(13-14)25-22(30)18-9-4-12-31-18/h1-9,12-13H,10-11H2,(H2,23,27)(H,24,29)(H,25,30)(H,26,28). The molecule has 3 rings (SSSR count). The van der Waals surface area contributed by atoms with Gasteiger partial charge in [0.05, 0.1) is 17.5 Å². The minimum atomic E-state index is -0.527. The van der Waals surface area contributed by atoms with Gasteiger partial charge in [-0.25, -0.2) is 0 Å². The molecule has 0 aliphatic heterocycles. The zero-order valence-electron chi connectivity index (χ0n) is 16.4. The van der Waals surface area contributed by atoms with Crippen molar-refractivity contribution in [2.75, 3.05) is 17.2 Å². The molecule has 3 aromatic rings. The van der Waals surface area contributed by atoms with Crippen molar-refractivity contribution in [2.45, 2.75) is 6.42 Å². The third kappa shape index (κ3) is 5.80. The maximum absolute atomic E-state index is 12.7. The van der Waals surface area contributed by atoms with Gasteiger partial charge in [0.15, 0.2) is 5.76 Å². The van der Waals surface area contributed by atoms with E-state index in [-0.39, 0.29) is 29.9 Å². The lowest BCUT2D eigenvalue weighted by atomic mass is 10.1. The average molecular weight is 420 g/mol. The number of nitrogens with two attached hydrogens (primary N) is 1. The average Bonchev–Trinajstić information content (AvgIpc) is 3.29. The molecule has 0 fully saturated rings. The van der Waals surface area contributed by atoms with E-state index < -0.39 is 23.6 Å². The highest BCUT2D eigenvalue weighted by Gasteiger charge is 2.15. The van der Waals surface area contributed by atoms with Gasteiger partial charge in [0.1, 0.15) is 0 Å². The van der Waals surface area contributed by atoms with Crippen molar-refractivity contribution in [1.29, 1.82) is 0 Å². The van der Waals surface area contributed by atoms with Gasteiger partial charge in [-0.1, -0.05) is 18.2 Å². The summed E-state index contributed by atoms with van der Waals surface area (Å²) in [5, 5.41) is 7.92. The topological polar surface area (TPSA) is 144 Å². The van der Waals surface area contributed by atoms with Crippen LogP contribution in [0.25, 0.3) is 0 Å². The summed E-state index contributed by atoms with van der Waals surface area (Å²) in [7, 11) is 0. The van der Waals surface area contributed by atoms with Crippen molar-refractivity contribution >= 4 is 35.0 Å². The van der Waals surface area contributed by atoms with Crippen LogP contribution in [-0.2, 0) is 4.79 Å². The molecule has 0 aliphatic rings. The van der Waals surface area contributed by atoms with Gasteiger partial charge in [-0.15, -0.1) is 0 Å². The summed E-state index contributed by atoms with van der Waals surface area (Å²) in [5.41, 5.74) is 6.30. The van der Waals surface area contributed by atoms with Crippen LogP contribution in [0.3, 0.4) is 0 Å². The normalized spacial score (nSPS) is 10.2. The highest BCUT2D eigenvalue weighted by atomic mass is 16.3. The number of carbonyl (C=O) groups is 4. The molecule has 0 unspecified atom stereocenters. The van der Waals surface area contributed by atoms with Gasteiger partial charge < -0.3 is 26.1 Å². The van der Waals surface area contributed by atoms with E-state index in [0.29, 0.717) is 11.4 Å². The number of hydrogen-bond donors (Lipinski definition) is 4. The third-order valence-electron chi connectivity index (χ3n) is 4.20. The Labute approximate surface area is 177 Å². The van der Waals surface area contributed by atoms with Crippen LogP contribution in [0.5, 0.6) is 0 Å². The summed E-state index contributed by atoms with van der Waals surface area (Å²) in [6, 6.07) is 15.9. The predicted octanol–water partition coefficient (Wildman–Crippen LogP) is 2.39. The number of para-hydroxylation sites is 1. The molecule has 0 atom stereocenters. The Hall–Kier alpha value is -4.40. The van der Waals surface area contributed by atoms with Gasteiger partial charge in [-0.3, -0.25) is 19.2 Å². The number of rotatable bonds is 8. The van der Waals surface area contributed by atoms with Crippen LogP contribution in [0.15, 0.2) is 71.3 Å². The lowest BCUT2D eigenvalue weighted by Crippen LogP contribution is -2.28. The van der Waals surface area contributed by atoms with Gasteiger partial charge >= 0.3 is 0 Å². The SMILES string of the molecule is NC(=O)CCNC(=O)c1ccccc1NC(=O)c1cccc(NC(=O)c2ccco2)c1. The van der Waals surface area contributed by atoms with E-state index in [1.165, 1.54) is 18.4 Å². The number of primary amides is 1. The monoisotopic (exact) mass is 420 g/mol. The lowest BCUT2D eigenvalue weighted by Gasteiger charge is -2.12. The first-order chi connectivity index (χ1) is 14.9. The zero-order valence-corrected chi connectivity index (χ0v) is 16.4. The zero-order chi connectivity index (χ0) is 22.2. The molecule has 4 amide bonds. The van der Waals surface area contributed by atoms with Crippen LogP contribution in [0.4, 0.5) is 11.4 Å². The van der Waals surface area contributed by atoms with Gasteiger partial charge in [-0.2, -0.15) is 0 Å². The van der Waals surface area contributed by atoms with E-state index >= 15 is 0 Å². The minimum absolute atomic E-state index is 0.0107. The Kier molecular flexibility index (Phi) is 6.79. The number of amides is 4. The molecule has 31 heavy (non-hydrogen) atoms. The second kappa shape index (κ2) is 9.88. The number of carbonyl (C=O) groups excluding carboxylic acids is 4. The minimum Gasteiger partial charge on any atom is -0.459 e. The molecular weight excluding hydrogens is 400 g/mol. The van der Waals surface area contributed by atoms with E-state index in [2.05, 4.69) is 16.0 Å². The fourth-order valence-corrected chi connectivity index (χ4v) is 2.72. The highest BCUT2D eigenvalue weighted by molar-refractivity contribution is 6.10. The Morgan fingerprint density at radius 1 is 0.839 bits per heavy atom. The van der Waals surface area contributed by atoms with Crippen molar-refractivity contribution in [3.05, 3.63) is 83.8 Å². The molecule has 2 aromatic carbocycles. The van der Waals surface area contributed by atoms with Crippen molar-refractivity contribution in [3.63, 3.8) is 0 Å². The Balaban J connectivity index is 1.70. The van der Waals surface area contributed by atoms with Crippen LogP contribution in [0, 0.1) is 0 Å². The van der Waals surface area contributed by atoms with E-state index in [1.54, 1.807) is 48.5 Å². The highest BCUT2D eigenvalue weighted by Crippen LogP contribution is 2.18. The number of benzene rings is 2. The first-order valence-electron chi connectivity index (χ1n) is 9.36. The molecule has 0 aliphatic carbocycles. The van der Waals surface area contributed by atoms with Crippen LogP contribution in [-0.4, -0.2) is 30.2 Å². The summed E-state index contributed by atoms with van der Waals surface area (Å²) < 4.78 is 5.05. The molecule has 158 valence electrons. The summed E-state index contributed by atoms with van der Waals surface area (Å²) in [6.07, 6.45) is 1.40. The number of furan rings is 1. The summed E-state index contributed by atoms with van der Waals surface area (Å²) in [5.74, 6) is -1.74. The third-order valence-corrected chi connectivity index (χ3v) is 4.20. The molecule has 0 bridgehead atoms. The molecule has 0 saturated carbocycles. The first-order valence-corrected chi connectivity index (χ1v) is 9.36. The fraction of sp³-hybridized carbons (Fsp3) is 0.0909. The van der Waals surface area contributed by atoms with Crippen molar-refractivity contribution in [1.82, 2.24) is 5.32 Å². The number of hydrogen-bond acceptors (Lipinski definition) is 5. The van der Waals surface area contributed by atoms with Gasteiger partial charge in [0.25, 0.3) is 17.7 Å². The second-order valence-corrected chi connectivity index (χ2v) is 6.48. The Morgan fingerprint density at radius 3 is 2.39 bits per heavy atom. The molecular formula is C22H20N4O5. The Morgan fingerprint density at radius 2 is 1.65 bits per heavy atom.